The first-order valence-electron chi connectivity index (χ1n) is 11.4. The van der Waals surface area contributed by atoms with Gasteiger partial charge in [-0.2, -0.15) is 8.42 Å². The lowest BCUT2D eigenvalue weighted by molar-refractivity contribution is -0.154. The predicted octanol–water partition coefficient (Wildman–Crippen LogP) is 4.07. The molecule has 2 aromatic rings. The molecule has 1 saturated carbocycles. The van der Waals surface area contributed by atoms with Gasteiger partial charge in [0.2, 0.25) is 5.91 Å². The molecule has 2 heterocycles. The van der Waals surface area contributed by atoms with Crippen molar-refractivity contribution in [1.82, 2.24) is 9.88 Å². The zero-order valence-corrected chi connectivity index (χ0v) is 20.6. The average Bonchev–Trinajstić information content (AvgIpc) is 3.05. The van der Waals surface area contributed by atoms with Crippen LogP contribution in [0.4, 0.5) is 4.39 Å². The van der Waals surface area contributed by atoms with Gasteiger partial charge in [-0.05, 0) is 68.6 Å². The van der Waals surface area contributed by atoms with Crippen LogP contribution in [0.3, 0.4) is 0 Å². The number of aliphatic hydroxyl groups is 1. The maximum atomic E-state index is 14.5. The molecule has 9 heteroatoms. The fraction of sp³-hybridized carbons (Fsp3) is 0.625. The van der Waals surface area contributed by atoms with Crippen LogP contribution in [-0.4, -0.2) is 53.3 Å². The molecule has 1 aliphatic carbocycles. The first kappa shape index (κ1) is 24.0. The second-order valence-electron chi connectivity index (χ2n) is 10.8. The minimum absolute atomic E-state index is 0.0144. The van der Waals surface area contributed by atoms with Crippen LogP contribution in [-0.2, 0) is 14.9 Å². The Morgan fingerprint density at radius 2 is 2.03 bits per heavy atom. The third kappa shape index (κ3) is 4.75. The predicted molar refractivity (Wildman–Crippen MR) is 124 cm³/mol. The lowest BCUT2D eigenvalue weighted by atomic mass is 9.61. The smallest absolute Gasteiger partial charge is 0.306 e. The van der Waals surface area contributed by atoms with E-state index in [2.05, 4.69) is 18.8 Å². The van der Waals surface area contributed by atoms with Gasteiger partial charge in [0.05, 0.1) is 11.9 Å². The lowest BCUT2D eigenvalue weighted by Crippen LogP contribution is -2.60. The Morgan fingerprint density at radius 1 is 1.33 bits per heavy atom. The number of fused-ring (bicyclic) bond motifs is 3. The zero-order valence-electron chi connectivity index (χ0n) is 19.8. The summed E-state index contributed by atoms with van der Waals surface area (Å²) in [6.07, 6.45) is 5.74. The molecule has 2 bridgehead atoms. The largest absolute Gasteiger partial charge is 0.390 e. The number of nitrogens with zero attached hydrogens (tertiary/aromatic N) is 1. The van der Waals surface area contributed by atoms with E-state index in [1.165, 1.54) is 6.07 Å². The summed E-state index contributed by atoms with van der Waals surface area (Å²) in [5.74, 6) is -1.45. The minimum atomic E-state index is -3.94. The SMILES string of the molecule is CC(CC(=O)N1C(C)CC2(C)CC1CC(C)(O)C2)c1c[nH]c2ccc(F)c(OS(C)(=O)=O)c12. The summed E-state index contributed by atoms with van der Waals surface area (Å²) in [5, 5.41) is 11.1. The highest BCUT2D eigenvalue weighted by Crippen LogP contribution is 2.50. The van der Waals surface area contributed by atoms with E-state index in [4.69, 9.17) is 4.18 Å². The number of likely N-dealkylation sites (tertiary alicyclic amines) is 1. The molecule has 1 aromatic heterocycles. The summed E-state index contributed by atoms with van der Waals surface area (Å²) in [4.78, 5) is 18.4. The molecule has 1 aromatic carbocycles. The van der Waals surface area contributed by atoms with E-state index in [9.17, 15) is 22.7 Å². The van der Waals surface area contributed by atoms with Crippen LogP contribution in [0, 0.1) is 11.2 Å². The summed E-state index contributed by atoms with van der Waals surface area (Å²) >= 11 is 0. The first-order chi connectivity index (χ1) is 15.2. The van der Waals surface area contributed by atoms with Crippen molar-refractivity contribution in [3.8, 4) is 5.75 Å². The summed E-state index contributed by atoms with van der Waals surface area (Å²) < 4.78 is 42.9. The van der Waals surface area contributed by atoms with Crippen molar-refractivity contribution in [1.29, 1.82) is 0 Å². The third-order valence-corrected chi connectivity index (χ3v) is 7.65. The molecule has 1 amide bonds. The highest BCUT2D eigenvalue weighted by atomic mass is 32.2. The quantitative estimate of drug-likeness (QED) is 0.629. The van der Waals surface area contributed by atoms with Crippen molar-refractivity contribution in [2.24, 2.45) is 5.41 Å². The van der Waals surface area contributed by atoms with Crippen LogP contribution in [0.15, 0.2) is 18.3 Å². The molecule has 7 nitrogen and oxygen atoms in total. The molecule has 4 rings (SSSR count). The van der Waals surface area contributed by atoms with Gasteiger partial charge >= 0.3 is 10.1 Å². The Labute approximate surface area is 194 Å². The Morgan fingerprint density at radius 3 is 2.70 bits per heavy atom. The number of rotatable bonds is 5. The van der Waals surface area contributed by atoms with Gasteiger partial charge in [-0.1, -0.05) is 13.8 Å². The number of H-pyrrole nitrogens is 1. The van der Waals surface area contributed by atoms with Crippen molar-refractivity contribution in [2.75, 3.05) is 6.26 Å². The molecule has 1 aliphatic heterocycles. The number of nitrogens with one attached hydrogen (secondary N) is 1. The standard InChI is InChI=1S/C24H33FN2O5S/c1-14(17-12-26-19-7-6-18(25)22(21(17)19)32-33(5,30)31)8-20(28)27-15(2)9-23(3)10-16(27)11-24(4,29)13-23/h6-7,12,14-16,26,29H,8-11,13H2,1-5H3. The highest BCUT2D eigenvalue weighted by molar-refractivity contribution is 7.86. The van der Waals surface area contributed by atoms with E-state index in [0.29, 0.717) is 22.9 Å². The molecule has 1 saturated heterocycles. The van der Waals surface area contributed by atoms with Crippen LogP contribution in [0.1, 0.15) is 71.3 Å². The molecule has 2 fully saturated rings. The van der Waals surface area contributed by atoms with Gasteiger partial charge < -0.3 is 19.2 Å². The van der Waals surface area contributed by atoms with E-state index in [1.807, 2.05) is 18.7 Å². The number of carbonyl (C=O) groups is 1. The van der Waals surface area contributed by atoms with Crippen molar-refractivity contribution in [3.63, 3.8) is 0 Å². The molecular formula is C24H33FN2O5S. The second kappa shape index (κ2) is 7.98. The average molecular weight is 481 g/mol. The molecule has 0 radical (unpaired) electrons. The summed E-state index contributed by atoms with van der Waals surface area (Å²) in [6.45, 7) is 7.97. The Kier molecular flexibility index (Phi) is 5.80. The first-order valence-corrected chi connectivity index (χ1v) is 13.2. The fourth-order valence-corrected chi connectivity index (χ4v) is 6.94. The highest BCUT2D eigenvalue weighted by Gasteiger charge is 2.50. The molecular weight excluding hydrogens is 447 g/mol. The van der Waals surface area contributed by atoms with Gasteiger partial charge in [0.25, 0.3) is 0 Å². The number of hydrogen-bond donors (Lipinski definition) is 2. The number of aromatic amines is 1. The van der Waals surface area contributed by atoms with Gasteiger partial charge in [0.15, 0.2) is 11.6 Å². The van der Waals surface area contributed by atoms with E-state index < -0.39 is 21.5 Å². The lowest BCUT2D eigenvalue weighted by Gasteiger charge is -2.56. The Bertz CT molecular complexity index is 1180. The van der Waals surface area contributed by atoms with Crippen LogP contribution in [0.2, 0.25) is 0 Å². The molecule has 33 heavy (non-hydrogen) atoms. The summed E-state index contributed by atoms with van der Waals surface area (Å²) in [7, 11) is -3.94. The van der Waals surface area contributed by atoms with Gasteiger partial charge in [-0.15, -0.1) is 0 Å². The fourth-order valence-electron chi connectivity index (χ4n) is 6.48. The number of piperidine rings is 1. The van der Waals surface area contributed by atoms with Gasteiger partial charge in [-0.3, -0.25) is 4.79 Å². The zero-order chi connectivity index (χ0) is 24.3. The van der Waals surface area contributed by atoms with Crippen molar-refractivity contribution in [2.45, 2.75) is 83.4 Å². The van der Waals surface area contributed by atoms with Crippen molar-refractivity contribution < 1.29 is 26.9 Å². The van der Waals surface area contributed by atoms with Gasteiger partial charge in [-0.25, -0.2) is 4.39 Å². The summed E-state index contributed by atoms with van der Waals surface area (Å²) in [5.41, 5.74) is 0.380. The third-order valence-electron chi connectivity index (χ3n) is 7.18. The Hall–Kier alpha value is -2.13. The van der Waals surface area contributed by atoms with Crippen molar-refractivity contribution in [3.05, 3.63) is 29.7 Å². The van der Waals surface area contributed by atoms with Gasteiger partial charge in [0, 0.05) is 35.6 Å². The van der Waals surface area contributed by atoms with Crippen molar-refractivity contribution >= 4 is 26.9 Å². The van der Waals surface area contributed by atoms with E-state index in [1.54, 1.807) is 6.20 Å². The number of halogens is 1. The van der Waals surface area contributed by atoms with Crippen LogP contribution in [0.25, 0.3) is 10.9 Å². The normalized spacial score (nSPS) is 30.9. The number of hydrogen-bond acceptors (Lipinski definition) is 5. The number of aromatic nitrogens is 1. The van der Waals surface area contributed by atoms with E-state index >= 15 is 0 Å². The molecule has 2 aliphatic rings. The second-order valence-corrected chi connectivity index (χ2v) is 12.4. The van der Waals surface area contributed by atoms with E-state index in [-0.39, 0.29) is 41.5 Å². The van der Waals surface area contributed by atoms with E-state index in [0.717, 1.165) is 31.6 Å². The Balaban J connectivity index is 1.62. The molecule has 2 N–H and O–H groups in total. The molecule has 5 atom stereocenters. The number of benzene rings is 1. The van der Waals surface area contributed by atoms with Crippen LogP contribution < -0.4 is 4.18 Å². The van der Waals surface area contributed by atoms with Crippen LogP contribution >= 0.6 is 0 Å². The monoisotopic (exact) mass is 480 g/mol. The summed E-state index contributed by atoms with van der Waals surface area (Å²) in [6, 6.07) is 2.72. The molecule has 0 spiro atoms. The number of carbonyl (C=O) groups excluding carboxylic acids is 1. The molecule has 5 unspecified atom stereocenters. The number of amides is 1. The van der Waals surface area contributed by atoms with Gasteiger partial charge in [0.1, 0.15) is 0 Å². The molecule has 182 valence electrons. The maximum Gasteiger partial charge on any atom is 0.306 e. The van der Waals surface area contributed by atoms with Crippen LogP contribution in [0.5, 0.6) is 5.75 Å². The maximum absolute atomic E-state index is 14.5. The minimum Gasteiger partial charge on any atom is -0.390 e. The topological polar surface area (TPSA) is 99.7 Å².